The summed E-state index contributed by atoms with van der Waals surface area (Å²) in [6.45, 7) is 0.585. The molecule has 3 aromatic carbocycles. The number of hydrogen-bond donors (Lipinski definition) is 2. The van der Waals surface area contributed by atoms with Crippen molar-refractivity contribution >= 4 is 28.6 Å². The molecule has 0 aliphatic carbocycles. The Hall–Kier alpha value is -3.93. The largest absolute Gasteiger partial charge is 0.505 e. The van der Waals surface area contributed by atoms with Crippen LogP contribution >= 0.6 is 0 Å². The van der Waals surface area contributed by atoms with Crippen LogP contribution in [0.4, 0.5) is 10.1 Å². The maximum atomic E-state index is 13.1. The Morgan fingerprint density at radius 1 is 1.10 bits per heavy atom. The monoisotopic (exact) mass is 387 g/mol. The first kappa shape index (κ1) is 18.4. The molecule has 0 bridgehead atoms. The van der Waals surface area contributed by atoms with Crippen molar-refractivity contribution in [1.29, 1.82) is 0 Å². The zero-order valence-corrected chi connectivity index (χ0v) is 15.4. The molecule has 0 atom stereocenters. The molecule has 1 heterocycles. The second kappa shape index (κ2) is 7.98. The van der Waals surface area contributed by atoms with Crippen molar-refractivity contribution < 1.29 is 14.3 Å². The van der Waals surface area contributed by atoms with Gasteiger partial charge in [-0.1, -0.05) is 48.5 Å². The van der Waals surface area contributed by atoms with Gasteiger partial charge in [-0.05, 0) is 35.4 Å². The summed E-state index contributed by atoms with van der Waals surface area (Å²) in [7, 11) is 0. The van der Waals surface area contributed by atoms with Crippen molar-refractivity contribution in [3.63, 3.8) is 0 Å². The van der Waals surface area contributed by atoms with Gasteiger partial charge in [0.05, 0.1) is 23.9 Å². The van der Waals surface area contributed by atoms with Gasteiger partial charge in [-0.15, -0.1) is 0 Å². The Kier molecular flexibility index (Phi) is 5.07. The normalized spacial score (nSPS) is 11.2. The van der Waals surface area contributed by atoms with Gasteiger partial charge in [0.2, 0.25) is 5.91 Å². The second-order valence-electron chi connectivity index (χ2n) is 6.56. The highest BCUT2D eigenvalue weighted by atomic mass is 19.1. The van der Waals surface area contributed by atoms with Gasteiger partial charge in [0.15, 0.2) is 11.6 Å². The minimum Gasteiger partial charge on any atom is -0.505 e. The van der Waals surface area contributed by atoms with Gasteiger partial charge in [-0.2, -0.15) is 5.10 Å². The summed E-state index contributed by atoms with van der Waals surface area (Å²) in [5.41, 5.74) is 3.10. The molecule has 0 aliphatic rings. The minimum absolute atomic E-state index is 0.339. The number of fused-ring (bicyclic) bond motifs is 1. The zero-order chi connectivity index (χ0) is 20.2. The number of benzene rings is 3. The molecule has 0 saturated carbocycles. The predicted octanol–water partition coefficient (Wildman–Crippen LogP) is 4.58. The van der Waals surface area contributed by atoms with Gasteiger partial charge in [0, 0.05) is 11.5 Å². The van der Waals surface area contributed by atoms with E-state index in [2.05, 4.69) is 10.4 Å². The highest BCUT2D eigenvalue weighted by Crippen LogP contribution is 2.24. The molecule has 144 valence electrons. The number of nitrogens with zero attached hydrogens (tertiary/aromatic N) is 2. The number of carbonyl (C=O) groups excluding carboxylic acids is 1. The van der Waals surface area contributed by atoms with E-state index in [1.54, 1.807) is 6.20 Å². The van der Waals surface area contributed by atoms with Crippen molar-refractivity contribution in [3.8, 4) is 5.75 Å². The molecule has 0 aliphatic heterocycles. The van der Waals surface area contributed by atoms with Crippen LogP contribution in [0.25, 0.3) is 17.0 Å². The van der Waals surface area contributed by atoms with Crippen LogP contribution in [0.15, 0.2) is 79.0 Å². The van der Waals surface area contributed by atoms with Gasteiger partial charge in [-0.25, -0.2) is 4.39 Å². The SMILES string of the molecule is O=C(C=Cc1ccc(F)c(O)c1)Nc1cccc2cnn(Cc3ccccc3)c12. The average molecular weight is 387 g/mol. The zero-order valence-electron chi connectivity index (χ0n) is 15.4. The van der Waals surface area contributed by atoms with Crippen molar-refractivity contribution in [1.82, 2.24) is 9.78 Å². The molecule has 0 fully saturated rings. The summed E-state index contributed by atoms with van der Waals surface area (Å²) in [5, 5.41) is 17.7. The molecule has 1 aromatic heterocycles. The number of anilines is 1. The lowest BCUT2D eigenvalue weighted by molar-refractivity contribution is -0.111. The first-order chi connectivity index (χ1) is 14.1. The highest BCUT2D eigenvalue weighted by Gasteiger charge is 2.10. The molecule has 0 spiro atoms. The number of aromatic hydroxyl groups is 1. The molecule has 1 amide bonds. The number of aromatic nitrogens is 2. The maximum Gasteiger partial charge on any atom is 0.248 e. The number of halogens is 1. The van der Waals surface area contributed by atoms with Crippen LogP contribution in [0.2, 0.25) is 0 Å². The number of rotatable bonds is 5. The highest BCUT2D eigenvalue weighted by molar-refractivity contribution is 6.06. The van der Waals surface area contributed by atoms with Gasteiger partial charge in [-0.3, -0.25) is 9.48 Å². The second-order valence-corrected chi connectivity index (χ2v) is 6.56. The maximum absolute atomic E-state index is 13.1. The molecule has 4 rings (SSSR count). The topological polar surface area (TPSA) is 67.2 Å². The molecule has 0 unspecified atom stereocenters. The van der Waals surface area contributed by atoms with Gasteiger partial charge in [0.25, 0.3) is 0 Å². The molecule has 2 N–H and O–H groups in total. The Morgan fingerprint density at radius 3 is 2.72 bits per heavy atom. The van der Waals surface area contributed by atoms with Crippen molar-refractivity contribution in [3.05, 3.63) is 95.9 Å². The Balaban J connectivity index is 1.57. The Bertz CT molecular complexity index is 1200. The molecule has 0 radical (unpaired) electrons. The smallest absolute Gasteiger partial charge is 0.248 e. The quantitative estimate of drug-likeness (QED) is 0.493. The number of phenolic OH excluding ortho intramolecular Hbond substituents is 1. The summed E-state index contributed by atoms with van der Waals surface area (Å²) in [5.74, 6) is -1.50. The van der Waals surface area contributed by atoms with E-state index in [9.17, 15) is 14.3 Å². The fourth-order valence-corrected chi connectivity index (χ4v) is 3.10. The average Bonchev–Trinajstić information content (AvgIpc) is 3.13. The van der Waals surface area contributed by atoms with E-state index >= 15 is 0 Å². The van der Waals surface area contributed by atoms with E-state index in [1.807, 2.05) is 53.2 Å². The number of para-hydroxylation sites is 1. The van der Waals surface area contributed by atoms with Crippen LogP contribution in [-0.4, -0.2) is 20.8 Å². The fraction of sp³-hybridized carbons (Fsp3) is 0.0435. The number of nitrogens with one attached hydrogen (secondary N) is 1. The van der Waals surface area contributed by atoms with E-state index in [1.165, 1.54) is 24.3 Å². The van der Waals surface area contributed by atoms with Crippen LogP contribution in [0.1, 0.15) is 11.1 Å². The third kappa shape index (κ3) is 4.16. The number of carbonyl (C=O) groups is 1. The van der Waals surface area contributed by atoms with E-state index in [-0.39, 0.29) is 5.91 Å². The fourth-order valence-electron chi connectivity index (χ4n) is 3.10. The first-order valence-electron chi connectivity index (χ1n) is 9.06. The summed E-state index contributed by atoms with van der Waals surface area (Å²) >= 11 is 0. The van der Waals surface area contributed by atoms with Gasteiger partial charge in [0.1, 0.15) is 0 Å². The third-order valence-electron chi connectivity index (χ3n) is 4.49. The Labute approximate surface area is 166 Å². The van der Waals surface area contributed by atoms with E-state index in [0.717, 1.165) is 22.5 Å². The van der Waals surface area contributed by atoms with Crippen molar-refractivity contribution in [2.75, 3.05) is 5.32 Å². The van der Waals surface area contributed by atoms with Gasteiger partial charge >= 0.3 is 0 Å². The van der Waals surface area contributed by atoms with E-state index in [4.69, 9.17) is 0 Å². The lowest BCUT2D eigenvalue weighted by Crippen LogP contribution is -2.10. The van der Waals surface area contributed by atoms with Crippen LogP contribution < -0.4 is 5.32 Å². The third-order valence-corrected chi connectivity index (χ3v) is 4.49. The number of amides is 1. The summed E-state index contributed by atoms with van der Waals surface area (Å²) in [4.78, 5) is 12.4. The van der Waals surface area contributed by atoms with Gasteiger partial charge < -0.3 is 10.4 Å². The van der Waals surface area contributed by atoms with Crippen LogP contribution in [0, 0.1) is 5.82 Å². The lowest BCUT2D eigenvalue weighted by atomic mass is 10.2. The minimum atomic E-state index is -0.704. The van der Waals surface area contributed by atoms with E-state index in [0.29, 0.717) is 17.8 Å². The van der Waals surface area contributed by atoms with Crippen LogP contribution in [-0.2, 0) is 11.3 Å². The molecular formula is C23H18FN3O2. The summed E-state index contributed by atoms with van der Waals surface area (Å²) in [6, 6.07) is 19.5. The van der Waals surface area contributed by atoms with Crippen LogP contribution in [0.3, 0.4) is 0 Å². The van der Waals surface area contributed by atoms with Crippen molar-refractivity contribution in [2.45, 2.75) is 6.54 Å². The van der Waals surface area contributed by atoms with E-state index < -0.39 is 11.6 Å². The predicted molar refractivity (Wildman–Crippen MR) is 111 cm³/mol. The molecule has 5 nitrogen and oxygen atoms in total. The summed E-state index contributed by atoms with van der Waals surface area (Å²) in [6.07, 6.45) is 4.62. The first-order valence-corrected chi connectivity index (χ1v) is 9.06. The molecule has 6 heteroatoms. The number of phenols is 1. The Morgan fingerprint density at radius 2 is 1.93 bits per heavy atom. The molecule has 0 saturated heterocycles. The number of hydrogen-bond acceptors (Lipinski definition) is 3. The van der Waals surface area contributed by atoms with Crippen LogP contribution in [0.5, 0.6) is 5.75 Å². The molecular weight excluding hydrogens is 369 g/mol. The lowest BCUT2D eigenvalue weighted by Gasteiger charge is -2.09. The van der Waals surface area contributed by atoms with Crippen molar-refractivity contribution in [2.24, 2.45) is 0 Å². The molecule has 29 heavy (non-hydrogen) atoms. The molecule has 4 aromatic rings. The summed E-state index contributed by atoms with van der Waals surface area (Å²) < 4.78 is 15.0. The standard InChI is InChI=1S/C23H18FN3O2/c24-19-11-9-16(13-21(19)28)10-12-22(29)26-20-8-4-7-18-14-25-27(23(18)20)15-17-5-2-1-3-6-17/h1-14,28H,15H2,(H,26,29).